The number of nitrogens with zero attached hydrogens (tertiary/aromatic N) is 1. The van der Waals surface area contributed by atoms with E-state index in [4.69, 9.17) is 0 Å². The van der Waals surface area contributed by atoms with Crippen molar-refractivity contribution in [3.05, 3.63) is 48.0 Å². The van der Waals surface area contributed by atoms with Crippen LogP contribution in [-0.2, 0) is 4.79 Å². The average molecular weight is 282 g/mol. The molecular formula is C18H22N2O. The topological polar surface area (TPSA) is 32.3 Å². The van der Waals surface area contributed by atoms with Crippen molar-refractivity contribution in [2.45, 2.75) is 25.8 Å². The molecule has 1 saturated heterocycles. The first-order valence-electron chi connectivity index (χ1n) is 7.66. The van der Waals surface area contributed by atoms with Crippen LogP contribution in [0.15, 0.2) is 42.5 Å². The van der Waals surface area contributed by atoms with Crippen molar-refractivity contribution in [2.75, 3.05) is 19.6 Å². The molecule has 0 radical (unpaired) electrons. The van der Waals surface area contributed by atoms with Crippen LogP contribution in [0.4, 0.5) is 0 Å². The van der Waals surface area contributed by atoms with Gasteiger partial charge in [0.25, 0.3) is 0 Å². The lowest BCUT2D eigenvalue weighted by molar-refractivity contribution is -0.135. The summed E-state index contributed by atoms with van der Waals surface area (Å²) in [6, 6.07) is 14.9. The minimum Gasteiger partial charge on any atom is -0.337 e. The molecule has 1 amide bonds. The molecule has 1 heterocycles. The van der Waals surface area contributed by atoms with Crippen molar-refractivity contribution in [1.82, 2.24) is 10.2 Å². The van der Waals surface area contributed by atoms with Crippen LogP contribution in [0.1, 0.15) is 25.3 Å². The van der Waals surface area contributed by atoms with Gasteiger partial charge in [0.15, 0.2) is 0 Å². The summed E-state index contributed by atoms with van der Waals surface area (Å²) < 4.78 is 0. The number of nitrogens with one attached hydrogen (secondary N) is 1. The van der Waals surface area contributed by atoms with Gasteiger partial charge in [-0.1, -0.05) is 42.5 Å². The van der Waals surface area contributed by atoms with Crippen LogP contribution in [0.5, 0.6) is 0 Å². The van der Waals surface area contributed by atoms with Gasteiger partial charge in [0.2, 0.25) is 5.91 Å². The molecule has 1 fully saturated rings. The van der Waals surface area contributed by atoms with Crippen LogP contribution in [0.25, 0.3) is 10.8 Å². The number of fused-ring (bicyclic) bond motifs is 1. The highest BCUT2D eigenvalue weighted by Gasteiger charge is 2.27. The number of amides is 1. The SMILES string of the molecule is CC(C(=O)N1CCNC[C@@H]1C)c1ccc2ccccc2c1. The van der Waals surface area contributed by atoms with E-state index in [9.17, 15) is 4.79 Å². The highest BCUT2D eigenvalue weighted by molar-refractivity contribution is 5.87. The second-order valence-corrected chi connectivity index (χ2v) is 5.91. The third-order valence-corrected chi connectivity index (χ3v) is 4.43. The molecule has 0 aromatic heterocycles. The van der Waals surface area contributed by atoms with Gasteiger partial charge in [-0.25, -0.2) is 0 Å². The molecule has 1 unspecified atom stereocenters. The Bertz CT molecular complexity index is 652. The van der Waals surface area contributed by atoms with Gasteiger partial charge in [-0.2, -0.15) is 0 Å². The average Bonchev–Trinajstić information content (AvgIpc) is 2.53. The van der Waals surface area contributed by atoms with E-state index >= 15 is 0 Å². The molecule has 110 valence electrons. The molecule has 1 aliphatic heterocycles. The Labute approximate surface area is 125 Å². The first kappa shape index (κ1) is 14.1. The van der Waals surface area contributed by atoms with Crippen molar-refractivity contribution in [2.24, 2.45) is 0 Å². The fourth-order valence-corrected chi connectivity index (χ4v) is 3.04. The quantitative estimate of drug-likeness (QED) is 0.918. The Hall–Kier alpha value is -1.87. The lowest BCUT2D eigenvalue weighted by atomic mass is 9.96. The summed E-state index contributed by atoms with van der Waals surface area (Å²) in [6.45, 7) is 6.70. The zero-order valence-corrected chi connectivity index (χ0v) is 12.7. The predicted octanol–water partition coefficient (Wildman–Crippen LogP) is 2.76. The minimum atomic E-state index is -0.0878. The van der Waals surface area contributed by atoms with E-state index in [1.165, 1.54) is 10.8 Å². The Morgan fingerprint density at radius 3 is 2.76 bits per heavy atom. The summed E-state index contributed by atoms with van der Waals surface area (Å²) in [5.74, 6) is 0.148. The van der Waals surface area contributed by atoms with Gasteiger partial charge < -0.3 is 10.2 Å². The van der Waals surface area contributed by atoms with Gasteiger partial charge >= 0.3 is 0 Å². The van der Waals surface area contributed by atoms with Crippen LogP contribution < -0.4 is 5.32 Å². The highest BCUT2D eigenvalue weighted by Crippen LogP contribution is 2.24. The number of rotatable bonds is 2. The van der Waals surface area contributed by atoms with Gasteiger partial charge in [-0.15, -0.1) is 0 Å². The molecule has 0 bridgehead atoms. The third-order valence-electron chi connectivity index (χ3n) is 4.43. The maximum atomic E-state index is 12.7. The first-order chi connectivity index (χ1) is 10.2. The largest absolute Gasteiger partial charge is 0.337 e. The summed E-state index contributed by atoms with van der Waals surface area (Å²) >= 11 is 0. The fourth-order valence-electron chi connectivity index (χ4n) is 3.04. The molecule has 1 N–H and O–H groups in total. The molecule has 0 aliphatic carbocycles. The summed E-state index contributed by atoms with van der Waals surface area (Å²) in [7, 11) is 0. The number of carbonyl (C=O) groups excluding carboxylic acids is 1. The summed E-state index contributed by atoms with van der Waals surface area (Å²) in [6.07, 6.45) is 0. The monoisotopic (exact) mass is 282 g/mol. The number of hydrogen-bond donors (Lipinski definition) is 1. The molecule has 2 atom stereocenters. The summed E-state index contributed by atoms with van der Waals surface area (Å²) in [4.78, 5) is 14.8. The molecular weight excluding hydrogens is 260 g/mol. The first-order valence-corrected chi connectivity index (χ1v) is 7.66. The van der Waals surface area contributed by atoms with Crippen LogP contribution >= 0.6 is 0 Å². The fraction of sp³-hybridized carbons (Fsp3) is 0.389. The van der Waals surface area contributed by atoms with Crippen molar-refractivity contribution >= 4 is 16.7 Å². The van der Waals surface area contributed by atoms with Crippen molar-refractivity contribution in [1.29, 1.82) is 0 Å². The number of carbonyl (C=O) groups is 1. The van der Waals surface area contributed by atoms with Crippen molar-refractivity contribution < 1.29 is 4.79 Å². The molecule has 0 spiro atoms. The smallest absolute Gasteiger partial charge is 0.230 e. The van der Waals surface area contributed by atoms with Gasteiger partial charge in [-0.3, -0.25) is 4.79 Å². The van der Waals surface area contributed by atoms with E-state index in [0.29, 0.717) is 0 Å². The molecule has 0 saturated carbocycles. The lowest BCUT2D eigenvalue weighted by Crippen LogP contribution is -2.53. The third kappa shape index (κ3) is 2.79. The minimum absolute atomic E-state index is 0.0878. The van der Waals surface area contributed by atoms with Crippen LogP contribution in [0, 0.1) is 0 Å². The molecule has 3 heteroatoms. The molecule has 3 rings (SSSR count). The normalized spacial score (nSPS) is 20.5. The van der Waals surface area contributed by atoms with Gasteiger partial charge in [-0.05, 0) is 30.2 Å². The van der Waals surface area contributed by atoms with Crippen molar-refractivity contribution in [3.8, 4) is 0 Å². The van der Waals surface area contributed by atoms with Gasteiger partial charge in [0.1, 0.15) is 0 Å². The number of piperazine rings is 1. The Morgan fingerprint density at radius 2 is 2.00 bits per heavy atom. The maximum Gasteiger partial charge on any atom is 0.230 e. The van der Waals surface area contributed by atoms with Crippen LogP contribution in [0.2, 0.25) is 0 Å². The number of hydrogen-bond acceptors (Lipinski definition) is 2. The Kier molecular flexibility index (Phi) is 3.93. The van der Waals surface area contributed by atoms with E-state index in [2.05, 4.69) is 42.6 Å². The van der Waals surface area contributed by atoms with E-state index in [-0.39, 0.29) is 17.9 Å². The second-order valence-electron chi connectivity index (χ2n) is 5.91. The molecule has 3 nitrogen and oxygen atoms in total. The maximum absolute atomic E-state index is 12.7. The molecule has 1 aliphatic rings. The van der Waals surface area contributed by atoms with Gasteiger partial charge in [0, 0.05) is 25.7 Å². The van der Waals surface area contributed by atoms with E-state index in [0.717, 1.165) is 25.2 Å². The van der Waals surface area contributed by atoms with E-state index in [1.54, 1.807) is 0 Å². The molecule has 21 heavy (non-hydrogen) atoms. The Morgan fingerprint density at radius 1 is 1.24 bits per heavy atom. The van der Waals surface area contributed by atoms with Crippen LogP contribution in [-0.4, -0.2) is 36.5 Å². The zero-order chi connectivity index (χ0) is 14.8. The van der Waals surface area contributed by atoms with Crippen molar-refractivity contribution in [3.63, 3.8) is 0 Å². The van der Waals surface area contributed by atoms with Gasteiger partial charge in [0.05, 0.1) is 5.92 Å². The summed E-state index contributed by atoms with van der Waals surface area (Å²) in [5.41, 5.74) is 1.10. The number of benzene rings is 2. The van der Waals surface area contributed by atoms with Crippen LogP contribution in [0.3, 0.4) is 0 Å². The predicted molar refractivity (Wildman–Crippen MR) is 86.4 cm³/mol. The summed E-state index contributed by atoms with van der Waals surface area (Å²) in [5, 5.41) is 5.74. The Balaban J connectivity index is 1.85. The lowest BCUT2D eigenvalue weighted by Gasteiger charge is -2.35. The second kappa shape index (κ2) is 5.86. The standard InChI is InChI=1S/C18H22N2O/c1-13-12-19-9-10-20(13)18(21)14(2)16-8-7-15-5-3-4-6-17(15)11-16/h3-8,11,13-14,19H,9-10,12H2,1-2H3/t13-,14?/m0/s1. The molecule has 2 aromatic carbocycles. The molecule has 2 aromatic rings. The van der Waals surface area contributed by atoms with E-state index < -0.39 is 0 Å². The zero-order valence-electron chi connectivity index (χ0n) is 12.7. The highest BCUT2D eigenvalue weighted by atomic mass is 16.2. The van der Waals surface area contributed by atoms with E-state index in [1.807, 2.05) is 24.0 Å².